The van der Waals surface area contributed by atoms with Crippen molar-refractivity contribution in [1.29, 1.82) is 1.43 Å². The minimum Gasteiger partial charge on any atom is -0.388 e. The molecule has 1 aliphatic rings. The van der Waals surface area contributed by atoms with Crippen molar-refractivity contribution in [3.63, 3.8) is 0 Å². The molecule has 1 rings (SSSR count). The average Bonchev–Trinajstić information content (AvgIpc) is 2.41. The van der Waals surface area contributed by atoms with E-state index >= 15 is 0 Å². The highest BCUT2D eigenvalue weighted by atomic mass is 16.6. The van der Waals surface area contributed by atoms with E-state index in [0.29, 0.717) is 6.61 Å². The topological polar surface area (TPSA) is 47.9 Å². The van der Waals surface area contributed by atoms with Crippen molar-refractivity contribution >= 4 is 7.85 Å². The fourth-order valence-electron chi connectivity index (χ4n) is 1.53. The highest BCUT2D eigenvalue weighted by Crippen LogP contribution is 2.21. The molecule has 70 valence electrons. The molecule has 0 amide bonds. The highest BCUT2D eigenvalue weighted by molar-refractivity contribution is 6.11. The van der Waals surface area contributed by atoms with Crippen LogP contribution >= 0.6 is 0 Å². The second kappa shape index (κ2) is 4.23. The molecule has 1 N–H and O–H groups in total. The molecule has 0 bridgehead atoms. The Morgan fingerprint density at radius 3 is 2.92 bits per heavy atom. The first-order chi connectivity index (χ1) is 6.24. The number of methoxy groups -OCH3 is 2. The molecule has 4 nitrogen and oxygen atoms in total. The third-order valence-electron chi connectivity index (χ3n) is 2.15. The van der Waals surface area contributed by atoms with Crippen LogP contribution in [0.3, 0.4) is 0 Å². The van der Waals surface area contributed by atoms with Crippen LogP contribution in [0.5, 0.6) is 0 Å². The summed E-state index contributed by atoms with van der Waals surface area (Å²) in [6.07, 6.45) is -0.750. The normalized spacial score (nSPS) is 43.0. The Morgan fingerprint density at radius 2 is 2.42 bits per heavy atom. The summed E-state index contributed by atoms with van der Waals surface area (Å²) in [5, 5.41) is 4.57. The van der Waals surface area contributed by atoms with E-state index in [1.807, 2.05) is 7.85 Å². The molecule has 0 saturated carbocycles. The van der Waals surface area contributed by atoms with Crippen molar-refractivity contribution in [3.05, 3.63) is 0 Å². The predicted octanol–water partition coefficient (Wildman–Crippen LogP) is -1.63. The van der Waals surface area contributed by atoms with Gasteiger partial charge in [0.25, 0.3) is 0 Å². The van der Waals surface area contributed by atoms with Crippen LogP contribution < -0.4 is 0 Å². The summed E-state index contributed by atoms with van der Waals surface area (Å²) < 4.78 is 22.6. The third-order valence-corrected chi connectivity index (χ3v) is 2.15. The molecule has 5 heteroatoms. The Hall–Kier alpha value is -0.0951. The molecule has 12 heavy (non-hydrogen) atoms. The number of hydrogen-bond donors (Lipinski definition) is 1. The minimum absolute atomic E-state index is 0.0551. The van der Waals surface area contributed by atoms with E-state index in [-0.39, 0.29) is 24.3 Å². The first-order valence-electron chi connectivity index (χ1n) is 4.44. The minimum atomic E-state index is -0.361. The molecular formula is C7H15BO4. The molecule has 1 saturated heterocycles. The van der Waals surface area contributed by atoms with Crippen LogP contribution in [0.2, 0.25) is 0 Å². The maximum atomic E-state index is 6.92. The quantitative estimate of drug-likeness (QED) is 0.521. The van der Waals surface area contributed by atoms with Crippen LogP contribution in [0.1, 0.15) is 0 Å². The first kappa shape index (κ1) is 8.50. The molecule has 1 unspecified atom stereocenters. The van der Waals surface area contributed by atoms with Gasteiger partial charge in [-0.3, -0.25) is 0 Å². The zero-order valence-corrected chi connectivity index (χ0v) is 7.65. The summed E-state index contributed by atoms with van der Waals surface area (Å²) >= 11 is 0. The zero-order valence-electron chi connectivity index (χ0n) is 8.65. The highest BCUT2D eigenvalue weighted by Gasteiger charge is 2.40. The van der Waals surface area contributed by atoms with Crippen molar-refractivity contribution in [2.45, 2.75) is 24.3 Å². The van der Waals surface area contributed by atoms with Crippen molar-refractivity contribution < 1.29 is 19.3 Å². The van der Waals surface area contributed by atoms with Crippen LogP contribution in [-0.4, -0.2) is 59.5 Å². The summed E-state index contributed by atoms with van der Waals surface area (Å²) in [5.74, 6) is 0. The molecule has 1 aliphatic heterocycles. The third kappa shape index (κ3) is 1.80. The number of ether oxygens (including phenoxy) is 3. The van der Waals surface area contributed by atoms with Crippen LogP contribution in [0, 0.1) is 0 Å². The predicted molar refractivity (Wildman–Crippen MR) is 45.9 cm³/mol. The summed E-state index contributed by atoms with van der Waals surface area (Å²) in [6.45, 7) is 0.424. The maximum absolute atomic E-state index is 6.92. The van der Waals surface area contributed by atoms with Gasteiger partial charge < -0.3 is 19.3 Å². The number of rotatable bonds is 4. The lowest BCUT2D eigenvalue weighted by molar-refractivity contribution is -0.0247. The van der Waals surface area contributed by atoms with Gasteiger partial charge >= 0.3 is 0 Å². The van der Waals surface area contributed by atoms with Crippen molar-refractivity contribution in [2.24, 2.45) is 0 Å². The lowest BCUT2D eigenvalue weighted by atomic mass is 9.93. The summed E-state index contributed by atoms with van der Waals surface area (Å²) in [5.41, 5.74) is 0. The first-order valence-corrected chi connectivity index (χ1v) is 4.03. The Balaban J connectivity index is 2.57. The SMILES string of the molecule is [2H]OC1[C@@H](COC)O[C@@H](B)[C@H]1OC. The Morgan fingerprint density at radius 1 is 1.67 bits per heavy atom. The fourth-order valence-corrected chi connectivity index (χ4v) is 1.53. The molecule has 0 aliphatic carbocycles. The van der Waals surface area contributed by atoms with E-state index in [0.717, 1.165) is 0 Å². The van der Waals surface area contributed by atoms with Gasteiger partial charge in [-0.15, -0.1) is 0 Å². The molecule has 1 heterocycles. The van der Waals surface area contributed by atoms with Crippen molar-refractivity contribution in [1.82, 2.24) is 0 Å². The van der Waals surface area contributed by atoms with Crippen molar-refractivity contribution in [2.75, 3.05) is 20.8 Å². The second-order valence-electron chi connectivity index (χ2n) is 3.00. The van der Waals surface area contributed by atoms with E-state index in [1.54, 1.807) is 14.2 Å². The van der Waals surface area contributed by atoms with Crippen LogP contribution in [-0.2, 0) is 14.2 Å². The van der Waals surface area contributed by atoms with E-state index in [9.17, 15) is 0 Å². The fraction of sp³-hybridized carbons (Fsp3) is 1.00. The Kier molecular flexibility index (Phi) is 3.00. The smallest absolute Gasteiger partial charge is 0.211 e. The largest absolute Gasteiger partial charge is 0.388 e. The molecule has 0 radical (unpaired) electrons. The van der Waals surface area contributed by atoms with Gasteiger partial charge in [-0.05, 0) is 0 Å². The van der Waals surface area contributed by atoms with Crippen LogP contribution in [0.25, 0.3) is 0 Å². The van der Waals surface area contributed by atoms with E-state index < -0.39 is 0 Å². The molecule has 4 atom stereocenters. The Labute approximate surface area is 74.7 Å². The summed E-state index contributed by atoms with van der Waals surface area (Å²) in [4.78, 5) is 0. The van der Waals surface area contributed by atoms with Gasteiger partial charge in [0, 0.05) is 14.2 Å². The van der Waals surface area contributed by atoms with Gasteiger partial charge in [-0.2, -0.15) is 0 Å². The van der Waals surface area contributed by atoms with Crippen LogP contribution in [0.4, 0.5) is 0 Å². The Bertz CT molecular complexity index is 159. The number of aliphatic hydroxyl groups is 1. The van der Waals surface area contributed by atoms with Gasteiger partial charge in [-0.1, -0.05) is 0 Å². The molecule has 0 aromatic rings. The van der Waals surface area contributed by atoms with Crippen LogP contribution in [0.15, 0.2) is 0 Å². The van der Waals surface area contributed by atoms with Gasteiger partial charge in [0.2, 0.25) is 1.43 Å². The monoisotopic (exact) mass is 175 g/mol. The molecule has 0 aromatic carbocycles. The molecule has 0 aromatic heterocycles. The standard InChI is InChI=1S/C7H15BO4/c1-10-3-4-5(9)6(11-2)7(8)12-4/h4-7,9H,3,8H2,1-2H3/t4-,5?,6+,7-/m1/s1/i9D. The lowest BCUT2D eigenvalue weighted by Gasteiger charge is -2.15. The zero-order chi connectivity index (χ0) is 9.84. The summed E-state index contributed by atoms with van der Waals surface area (Å²) in [7, 11) is 5.08. The molecule has 0 spiro atoms. The maximum Gasteiger partial charge on any atom is 0.211 e. The number of hydrogen-bond acceptors (Lipinski definition) is 4. The second-order valence-corrected chi connectivity index (χ2v) is 3.00. The summed E-state index contributed by atoms with van der Waals surface area (Å²) in [6, 6.07) is -0.0551. The van der Waals surface area contributed by atoms with Crippen molar-refractivity contribution in [3.8, 4) is 0 Å². The van der Waals surface area contributed by atoms with Gasteiger partial charge in [0.05, 0.1) is 12.6 Å². The van der Waals surface area contributed by atoms with Gasteiger partial charge in [0.15, 0.2) is 0 Å². The van der Waals surface area contributed by atoms with Gasteiger partial charge in [0.1, 0.15) is 26.2 Å². The van der Waals surface area contributed by atoms with E-state index in [2.05, 4.69) is 5.11 Å². The number of aliphatic hydroxyl groups excluding tert-OH is 1. The lowest BCUT2D eigenvalue weighted by Crippen LogP contribution is -2.35. The van der Waals surface area contributed by atoms with E-state index in [4.69, 9.17) is 15.6 Å². The molecular weight excluding hydrogens is 159 g/mol. The molecule has 1 fully saturated rings. The average molecular weight is 175 g/mol. The van der Waals surface area contributed by atoms with E-state index in [1.165, 1.54) is 0 Å². The van der Waals surface area contributed by atoms with Gasteiger partial charge in [-0.25, -0.2) is 0 Å².